The van der Waals surface area contributed by atoms with Crippen molar-refractivity contribution >= 4 is 11.9 Å². The topological polar surface area (TPSA) is 135 Å². The number of carboxylic acids is 2. The highest BCUT2D eigenvalue weighted by atomic mass is 19.4. The summed E-state index contributed by atoms with van der Waals surface area (Å²) in [4.78, 5) is 32.9. The summed E-state index contributed by atoms with van der Waals surface area (Å²) in [6.07, 6.45) is -1.05. The molecule has 1 atom stereocenters. The van der Waals surface area contributed by atoms with E-state index in [2.05, 4.69) is 25.9 Å². The van der Waals surface area contributed by atoms with Crippen LogP contribution in [0.2, 0.25) is 0 Å². The first-order valence-corrected chi connectivity index (χ1v) is 10.9. The number of rotatable bonds is 4. The van der Waals surface area contributed by atoms with Crippen molar-refractivity contribution in [3.63, 3.8) is 0 Å². The van der Waals surface area contributed by atoms with Crippen molar-refractivity contribution in [2.75, 3.05) is 19.7 Å². The Morgan fingerprint density at radius 3 is 2.18 bits per heavy atom. The minimum Gasteiger partial charge on any atom is -0.475 e. The van der Waals surface area contributed by atoms with Crippen molar-refractivity contribution in [2.24, 2.45) is 0 Å². The molecule has 2 fully saturated rings. The van der Waals surface area contributed by atoms with Gasteiger partial charge in [-0.25, -0.2) is 14.6 Å². The van der Waals surface area contributed by atoms with Crippen molar-refractivity contribution in [3.8, 4) is 5.88 Å². The maximum atomic E-state index is 10.6. The number of nitrogens with zero attached hydrogens (tertiary/aromatic N) is 4. The Bertz CT molecular complexity index is 1040. The molecular weight excluding hydrogens is 530 g/mol. The third kappa shape index (κ3) is 10.1. The van der Waals surface area contributed by atoms with Crippen LogP contribution >= 0.6 is 0 Å². The summed E-state index contributed by atoms with van der Waals surface area (Å²) in [5.41, 5.74) is 2.05. The van der Waals surface area contributed by atoms with E-state index in [-0.39, 0.29) is 11.7 Å². The maximum Gasteiger partial charge on any atom is 0.490 e. The summed E-state index contributed by atoms with van der Waals surface area (Å²) >= 11 is 0. The molecule has 4 heterocycles. The Morgan fingerprint density at radius 2 is 1.68 bits per heavy atom. The zero-order chi connectivity index (χ0) is 28.6. The van der Waals surface area contributed by atoms with Crippen molar-refractivity contribution in [1.82, 2.24) is 19.9 Å². The Balaban J connectivity index is 0.000000301. The molecule has 10 nitrogen and oxygen atoms in total. The number of carbonyl (C=O) groups is 2. The van der Waals surface area contributed by atoms with Gasteiger partial charge in [0.1, 0.15) is 6.10 Å². The van der Waals surface area contributed by atoms with Crippen LogP contribution < -0.4 is 4.74 Å². The fraction of sp³-hybridized carbons (Fsp3) is 0.500. The highest BCUT2D eigenvalue weighted by molar-refractivity contribution is 5.73. The van der Waals surface area contributed by atoms with Gasteiger partial charge in [-0.1, -0.05) is 6.07 Å². The molecule has 16 heteroatoms. The lowest BCUT2D eigenvalue weighted by molar-refractivity contribution is -0.193. The van der Waals surface area contributed by atoms with Crippen LogP contribution in [0.1, 0.15) is 24.1 Å². The molecule has 0 amide bonds. The highest BCUT2D eigenvalue weighted by Gasteiger charge is 2.48. The molecule has 0 saturated carbocycles. The molecule has 2 aromatic heterocycles. The summed E-state index contributed by atoms with van der Waals surface area (Å²) in [7, 11) is 0. The zero-order valence-electron chi connectivity index (χ0n) is 19.9. The molecule has 2 aliphatic rings. The first-order chi connectivity index (χ1) is 17.6. The molecule has 2 aliphatic heterocycles. The summed E-state index contributed by atoms with van der Waals surface area (Å²) in [6.45, 7) is 5.48. The third-order valence-corrected chi connectivity index (χ3v) is 5.11. The number of pyridine rings is 1. The third-order valence-electron chi connectivity index (χ3n) is 5.11. The van der Waals surface area contributed by atoms with E-state index in [0.717, 1.165) is 44.8 Å². The van der Waals surface area contributed by atoms with Gasteiger partial charge >= 0.3 is 24.3 Å². The fourth-order valence-electron chi connectivity index (χ4n) is 3.60. The highest BCUT2D eigenvalue weighted by Crippen LogP contribution is 2.36. The van der Waals surface area contributed by atoms with Gasteiger partial charge in [0.2, 0.25) is 5.88 Å². The van der Waals surface area contributed by atoms with Gasteiger partial charge in [-0.15, -0.1) is 0 Å². The van der Waals surface area contributed by atoms with Crippen LogP contribution in [0.5, 0.6) is 5.88 Å². The van der Waals surface area contributed by atoms with Crippen molar-refractivity contribution < 1.29 is 55.6 Å². The maximum absolute atomic E-state index is 10.6. The molecule has 1 unspecified atom stereocenters. The molecule has 0 bridgehead atoms. The second kappa shape index (κ2) is 12.8. The van der Waals surface area contributed by atoms with Gasteiger partial charge in [-0.3, -0.25) is 14.9 Å². The first-order valence-electron chi connectivity index (χ1n) is 10.9. The fourth-order valence-corrected chi connectivity index (χ4v) is 3.60. The van der Waals surface area contributed by atoms with E-state index in [1.165, 1.54) is 5.56 Å². The van der Waals surface area contributed by atoms with Crippen LogP contribution in [0.25, 0.3) is 0 Å². The standard InChI is InChI=1S/C18H22N4O2.2C2HF3O2/c1-14-8-20-10-17(21-14)24-16-4-6-23-18(7-16)12-22(13-18)11-15-3-2-5-19-9-15;2*3-2(4,5)1(6)7/h2-3,5,8-10,16H,4,6-7,11-13H2,1H3;2*(H,6,7). The van der Waals surface area contributed by atoms with E-state index in [9.17, 15) is 26.3 Å². The van der Waals surface area contributed by atoms with E-state index in [0.29, 0.717) is 5.88 Å². The van der Waals surface area contributed by atoms with Gasteiger partial charge in [-0.05, 0) is 18.6 Å². The predicted molar refractivity (Wildman–Crippen MR) is 116 cm³/mol. The van der Waals surface area contributed by atoms with Gasteiger partial charge in [0.25, 0.3) is 0 Å². The first kappa shape index (κ1) is 30.7. The quantitative estimate of drug-likeness (QED) is 0.543. The summed E-state index contributed by atoms with van der Waals surface area (Å²) in [5, 5.41) is 14.2. The largest absolute Gasteiger partial charge is 0.490 e. The van der Waals surface area contributed by atoms with E-state index in [1.54, 1.807) is 12.4 Å². The number of hydrogen-bond acceptors (Lipinski definition) is 8. The molecule has 0 aliphatic carbocycles. The number of alkyl halides is 6. The van der Waals surface area contributed by atoms with Crippen molar-refractivity contribution in [3.05, 3.63) is 48.2 Å². The average molecular weight is 554 g/mol. The van der Waals surface area contributed by atoms with E-state index < -0.39 is 24.3 Å². The van der Waals surface area contributed by atoms with E-state index in [4.69, 9.17) is 29.3 Å². The van der Waals surface area contributed by atoms with Gasteiger partial charge in [0.05, 0.1) is 24.1 Å². The summed E-state index contributed by atoms with van der Waals surface area (Å²) in [6, 6.07) is 4.09. The van der Waals surface area contributed by atoms with Crippen molar-refractivity contribution in [2.45, 2.75) is 50.4 Å². The number of aromatic nitrogens is 3. The summed E-state index contributed by atoms with van der Waals surface area (Å²) in [5.74, 6) is -4.90. The lowest BCUT2D eigenvalue weighted by Gasteiger charge is -2.53. The second-order valence-electron chi connectivity index (χ2n) is 8.38. The van der Waals surface area contributed by atoms with E-state index >= 15 is 0 Å². The molecular formula is C22H24F6N4O6. The Labute approximate surface area is 212 Å². The van der Waals surface area contributed by atoms with Gasteiger partial charge in [0.15, 0.2) is 0 Å². The number of ether oxygens (including phenoxy) is 2. The van der Waals surface area contributed by atoms with Crippen molar-refractivity contribution in [1.29, 1.82) is 0 Å². The van der Waals surface area contributed by atoms with Crippen LogP contribution in [-0.4, -0.2) is 85.8 Å². The van der Waals surface area contributed by atoms with Crippen LogP contribution in [0, 0.1) is 6.92 Å². The smallest absolute Gasteiger partial charge is 0.475 e. The lowest BCUT2D eigenvalue weighted by Crippen LogP contribution is -2.65. The van der Waals surface area contributed by atoms with Crippen LogP contribution in [0.15, 0.2) is 36.9 Å². The molecule has 0 radical (unpaired) electrons. The number of aliphatic carboxylic acids is 2. The zero-order valence-corrected chi connectivity index (χ0v) is 19.9. The molecule has 2 aromatic rings. The Hall–Kier alpha value is -3.53. The Kier molecular flexibility index (Phi) is 10.4. The van der Waals surface area contributed by atoms with Crippen LogP contribution in [0.3, 0.4) is 0 Å². The predicted octanol–water partition coefficient (Wildman–Crippen LogP) is 3.26. The minimum absolute atomic E-state index is 0.0671. The lowest BCUT2D eigenvalue weighted by atomic mass is 9.84. The van der Waals surface area contributed by atoms with Crippen LogP contribution in [0.4, 0.5) is 26.3 Å². The number of carboxylic acid groups (broad SMARTS) is 2. The molecule has 4 rings (SSSR count). The number of likely N-dealkylation sites (tertiary alicyclic amines) is 1. The second-order valence-corrected chi connectivity index (χ2v) is 8.38. The summed E-state index contributed by atoms with van der Waals surface area (Å²) < 4.78 is 75.6. The molecule has 38 heavy (non-hydrogen) atoms. The monoisotopic (exact) mass is 554 g/mol. The number of aryl methyl sites for hydroxylation is 1. The van der Waals surface area contributed by atoms with Crippen LogP contribution in [-0.2, 0) is 20.9 Å². The number of hydrogen-bond donors (Lipinski definition) is 2. The van der Waals surface area contributed by atoms with Gasteiger partial charge < -0.3 is 19.7 Å². The average Bonchev–Trinajstić information content (AvgIpc) is 2.79. The molecule has 1 spiro atoms. The SMILES string of the molecule is Cc1cncc(OC2CCOC3(C2)CN(Cc2cccnc2)C3)n1.O=C(O)C(F)(F)F.O=C(O)C(F)(F)F. The molecule has 210 valence electrons. The Morgan fingerprint density at radius 1 is 1.08 bits per heavy atom. The van der Waals surface area contributed by atoms with E-state index in [1.807, 2.05) is 25.4 Å². The molecule has 2 saturated heterocycles. The van der Waals surface area contributed by atoms with Gasteiger partial charge in [-0.2, -0.15) is 26.3 Å². The van der Waals surface area contributed by atoms with Gasteiger partial charge in [0, 0.05) is 51.1 Å². The molecule has 0 aromatic carbocycles. The molecule has 2 N–H and O–H groups in total. The minimum atomic E-state index is -5.08. The normalized spacial score (nSPS) is 18.7. The number of halogens is 6.